The molecule has 2 N–H and O–H groups in total. The summed E-state index contributed by atoms with van der Waals surface area (Å²) in [6.07, 6.45) is 4.82. The molecule has 0 bridgehead atoms. The molecule has 0 aliphatic heterocycles. The van der Waals surface area contributed by atoms with E-state index >= 15 is 0 Å². The predicted octanol–water partition coefficient (Wildman–Crippen LogP) is 3.51. The molecule has 0 unspecified atom stereocenters. The van der Waals surface area contributed by atoms with E-state index in [1.165, 1.54) is 16.4 Å². The average Bonchev–Trinajstić information content (AvgIpc) is 2.44. The largest absolute Gasteiger partial charge is 0.399 e. The maximum atomic E-state index is 14.2. The van der Waals surface area contributed by atoms with Gasteiger partial charge in [0.1, 0.15) is 4.90 Å². The minimum Gasteiger partial charge on any atom is -0.399 e. The van der Waals surface area contributed by atoms with E-state index < -0.39 is 15.8 Å². The summed E-state index contributed by atoms with van der Waals surface area (Å²) in [7, 11) is -3.88. The van der Waals surface area contributed by atoms with Crippen LogP contribution in [0.3, 0.4) is 0 Å². The highest BCUT2D eigenvalue weighted by atomic mass is 79.9. The van der Waals surface area contributed by atoms with Crippen LogP contribution in [0.5, 0.6) is 0 Å². The number of nitrogen functional groups attached to an aromatic ring is 1. The molecule has 1 aromatic rings. The van der Waals surface area contributed by atoms with Gasteiger partial charge in [0.05, 0.1) is 4.47 Å². The van der Waals surface area contributed by atoms with Crippen molar-refractivity contribution in [2.75, 3.05) is 12.3 Å². The van der Waals surface area contributed by atoms with Gasteiger partial charge >= 0.3 is 0 Å². The summed E-state index contributed by atoms with van der Waals surface area (Å²) >= 11 is 3.02. The van der Waals surface area contributed by atoms with Crippen LogP contribution >= 0.6 is 15.9 Å². The third-order valence-electron chi connectivity index (χ3n) is 3.90. The Balaban J connectivity index is 2.44. The summed E-state index contributed by atoms with van der Waals surface area (Å²) in [4.78, 5) is -0.346. The molecule has 21 heavy (non-hydrogen) atoms. The van der Waals surface area contributed by atoms with Crippen molar-refractivity contribution in [3.63, 3.8) is 0 Å². The molecule has 4 nitrogen and oxygen atoms in total. The first kappa shape index (κ1) is 16.7. The van der Waals surface area contributed by atoms with Gasteiger partial charge in [-0.1, -0.05) is 26.2 Å². The molecule has 1 aromatic carbocycles. The van der Waals surface area contributed by atoms with Gasteiger partial charge in [-0.2, -0.15) is 4.31 Å². The fourth-order valence-electron chi connectivity index (χ4n) is 2.89. The van der Waals surface area contributed by atoms with Crippen LogP contribution < -0.4 is 5.73 Å². The number of benzene rings is 1. The van der Waals surface area contributed by atoms with Gasteiger partial charge in [0.15, 0.2) is 5.82 Å². The van der Waals surface area contributed by atoms with Gasteiger partial charge in [-0.15, -0.1) is 0 Å². The Kier molecular flexibility index (Phi) is 5.27. The van der Waals surface area contributed by atoms with Crippen molar-refractivity contribution in [2.45, 2.75) is 50.0 Å². The normalized spacial score (nSPS) is 17.3. The first-order chi connectivity index (χ1) is 9.87. The molecule has 1 saturated carbocycles. The molecule has 0 radical (unpaired) electrons. The van der Waals surface area contributed by atoms with Crippen LogP contribution in [0.1, 0.15) is 39.0 Å². The topological polar surface area (TPSA) is 63.4 Å². The Morgan fingerprint density at radius 1 is 1.33 bits per heavy atom. The second kappa shape index (κ2) is 6.62. The molecule has 0 saturated heterocycles. The fraction of sp³-hybridized carbons (Fsp3) is 0.571. The summed E-state index contributed by atoms with van der Waals surface area (Å²) in [5, 5.41) is 0. The molecule has 0 atom stereocenters. The van der Waals surface area contributed by atoms with Crippen LogP contribution in [0.2, 0.25) is 0 Å². The molecule has 7 heteroatoms. The van der Waals surface area contributed by atoms with E-state index in [-0.39, 0.29) is 21.1 Å². The summed E-state index contributed by atoms with van der Waals surface area (Å²) in [5.74, 6) is -0.779. The van der Waals surface area contributed by atoms with E-state index in [0.29, 0.717) is 6.54 Å². The quantitative estimate of drug-likeness (QED) is 0.815. The molecule has 0 aromatic heterocycles. The van der Waals surface area contributed by atoms with E-state index in [9.17, 15) is 12.8 Å². The zero-order valence-corrected chi connectivity index (χ0v) is 14.4. The molecule has 2 rings (SSSR count). The van der Waals surface area contributed by atoms with Crippen LogP contribution in [0, 0.1) is 5.82 Å². The van der Waals surface area contributed by atoms with Crippen molar-refractivity contribution in [3.8, 4) is 0 Å². The van der Waals surface area contributed by atoms with Crippen LogP contribution in [-0.4, -0.2) is 25.3 Å². The summed E-state index contributed by atoms with van der Waals surface area (Å²) < 4.78 is 41.3. The number of sulfonamides is 1. The van der Waals surface area contributed by atoms with E-state index in [1.807, 2.05) is 0 Å². The fourth-order valence-corrected chi connectivity index (χ4v) is 5.32. The summed E-state index contributed by atoms with van der Waals surface area (Å²) in [6.45, 7) is 2.12. The first-order valence-electron chi connectivity index (χ1n) is 7.14. The minimum absolute atomic E-state index is 0.0478. The van der Waals surface area contributed by atoms with Crippen molar-refractivity contribution in [3.05, 3.63) is 22.4 Å². The van der Waals surface area contributed by atoms with Gasteiger partial charge in [-0.3, -0.25) is 0 Å². The molecule has 0 spiro atoms. The number of rotatable bonds is 4. The van der Waals surface area contributed by atoms with Gasteiger partial charge in [0.25, 0.3) is 0 Å². The Bertz CT molecular complexity index is 616. The van der Waals surface area contributed by atoms with E-state index in [4.69, 9.17) is 5.73 Å². The third kappa shape index (κ3) is 3.40. The Labute approximate surface area is 133 Å². The van der Waals surface area contributed by atoms with Crippen LogP contribution in [-0.2, 0) is 10.0 Å². The number of hydrogen-bond acceptors (Lipinski definition) is 3. The molecule has 0 heterocycles. The molecule has 1 fully saturated rings. The number of nitrogens with two attached hydrogens (primary N) is 1. The van der Waals surface area contributed by atoms with Crippen LogP contribution in [0.25, 0.3) is 0 Å². The smallest absolute Gasteiger partial charge is 0.246 e. The molecule has 118 valence electrons. The second-order valence-electron chi connectivity index (χ2n) is 5.32. The van der Waals surface area contributed by atoms with Crippen molar-refractivity contribution < 1.29 is 12.8 Å². The lowest BCUT2D eigenvalue weighted by Crippen LogP contribution is -2.41. The number of nitrogens with zero attached hydrogens (tertiary/aromatic N) is 1. The van der Waals surface area contributed by atoms with Gasteiger partial charge in [-0.05, 0) is 40.9 Å². The van der Waals surface area contributed by atoms with Crippen molar-refractivity contribution >= 4 is 31.6 Å². The van der Waals surface area contributed by atoms with E-state index in [0.717, 1.165) is 32.1 Å². The van der Waals surface area contributed by atoms with Gasteiger partial charge in [0, 0.05) is 18.3 Å². The zero-order chi connectivity index (χ0) is 15.6. The van der Waals surface area contributed by atoms with E-state index in [1.54, 1.807) is 6.92 Å². The first-order valence-corrected chi connectivity index (χ1v) is 9.37. The van der Waals surface area contributed by atoms with Crippen molar-refractivity contribution in [2.24, 2.45) is 0 Å². The maximum absolute atomic E-state index is 14.2. The average molecular weight is 379 g/mol. The Morgan fingerprint density at radius 2 is 1.95 bits per heavy atom. The molecule has 1 aliphatic carbocycles. The zero-order valence-electron chi connectivity index (χ0n) is 12.0. The van der Waals surface area contributed by atoms with Crippen molar-refractivity contribution in [1.29, 1.82) is 0 Å². The second-order valence-corrected chi connectivity index (χ2v) is 8.03. The van der Waals surface area contributed by atoms with Gasteiger partial charge < -0.3 is 5.73 Å². The van der Waals surface area contributed by atoms with Crippen LogP contribution in [0.15, 0.2) is 21.5 Å². The SMILES string of the molecule is CCN(C1CCCCC1)S(=O)(=O)c1cc(N)cc(Br)c1F. The summed E-state index contributed by atoms with van der Waals surface area (Å²) in [6, 6.07) is 2.51. The number of anilines is 1. The molecule has 1 aliphatic rings. The molecule has 0 amide bonds. The Hall–Kier alpha value is -0.660. The lowest BCUT2D eigenvalue weighted by molar-refractivity contribution is 0.260. The van der Waals surface area contributed by atoms with Gasteiger partial charge in [0.2, 0.25) is 10.0 Å². The van der Waals surface area contributed by atoms with E-state index in [2.05, 4.69) is 15.9 Å². The Morgan fingerprint density at radius 3 is 2.52 bits per heavy atom. The van der Waals surface area contributed by atoms with Gasteiger partial charge in [-0.25, -0.2) is 12.8 Å². The molecular weight excluding hydrogens is 359 g/mol. The predicted molar refractivity (Wildman–Crippen MR) is 85.0 cm³/mol. The monoisotopic (exact) mass is 378 g/mol. The standard InChI is InChI=1S/C14H20BrFN2O2S/c1-2-18(11-6-4-3-5-7-11)21(19,20)13-9-10(17)8-12(15)14(13)16/h8-9,11H,2-7,17H2,1H3. The number of halogens is 2. The highest BCUT2D eigenvalue weighted by molar-refractivity contribution is 9.10. The third-order valence-corrected chi connectivity index (χ3v) is 6.50. The maximum Gasteiger partial charge on any atom is 0.246 e. The lowest BCUT2D eigenvalue weighted by Gasteiger charge is -2.32. The highest BCUT2D eigenvalue weighted by Crippen LogP contribution is 2.32. The number of hydrogen-bond donors (Lipinski definition) is 1. The highest BCUT2D eigenvalue weighted by Gasteiger charge is 2.33. The van der Waals surface area contributed by atoms with Crippen LogP contribution in [0.4, 0.5) is 10.1 Å². The summed E-state index contributed by atoms with van der Waals surface area (Å²) in [5.41, 5.74) is 5.89. The van der Waals surface area contributed by atoms with Crippen molar-refractivity contribution in [1.82, 2.24) is 4.31 Å². The minimum atomic E-state index is -3.88. The lowest BCUT2D eigenvalue weighted by atomic mass is 9.95. The molecular formula is C14H20BrFN2O2S.